The number of aliphatic carboxylic acids is 2. The zero-order chi connectivity index (χ0) is 84.8. The van der Waals surface area contributed by atoms with Crippen molar-refractivity contribution >= 4 is 80.7 Å². The number of nitrogens with one attached hydrogen (secondary N) is 8. The predicted octanol–water partition coefficient (Wildman–Crippen LogP) is 6.63. The predicted molar refractivity (Wildman–Crippen MR) is 448 cm³/mol. The molecule has 8 amide bonds. The Bertz CT molecular complexity index is 4910. The molecule has 8 saturated carbocycles. The van der Waals surface area contributed by atoms with E-state index in [9.17, 15) is 29.4 Å². The van der Waals surface area contributed by atoms with Crippen LogP contribution in [0.1, 0.15) is 149 Å². The van der Waals surface area contributed by atoms with Crippen LogP contribution in [0.3, 0.4) is 0 Å². The number of likely N-dealkylation sites (N-methyl/N-ethyl adjacent to an activating group) is 2. The highest BCUT2D eigenvalue weighted by molar-refractivity contribution is 5.99. The summed E-state index contributed by atoms with van der Waals surface area (Å²) < 4.78 is 15.8. The van der Waals surface area contributed by atoms with Gasteiger partial charge in [-0.05, 0) is 209 Å². The van der Waals surface area contributed by atoms with Crippen LogP contribution >= 0.6 is 0 Å². The normalized spacial score (nSPS) is 29.4. The molecule has 0 unspecified atom stereocenters. The molecule has 10 N–H and O–H groups in total. The molecule has 0 spiro atoms. The Labute approximate surface area is 706 Å². The molecule has 6 aromatic carbocycles. The third-order valence-corrected chi connectivity index (χ3v) is 28.2. The van der Waals surface area contributed by atoms with Crippen molar-refractivity contribution in [1.29, 1.82) is 0 Å². The molecule has 122 heavy (non-hydrogen) atoms. The van der Waals surface area contributed by atoms with Crippen LogP contribution < -0.4 is 52.0 Å². The number of carbonyl (C=O) groups excluding carboxylic acids is 8. The number of hydrogen-bond donors (Lipinski definition) is 10. The van der Waals surface area contributed by atoms with Gasteiger partial charge in [-0.1, -0.05) is 120 Å². The summed E-state index contributed by atoms with van der Waals surface area (Å²) in [5.74, 6) is -4.16. The van der Waals surface area contributed by atoms with Crippen LogP contribution in [0.5, 0.6) is 11.5 Å². The topological polar surface area (TPSA) is 394 Å². The maximum atomic E-state index is 16.1. The van der Waals surface area contributed by atoms with Gasteiger partial charge in [-0.25, -0.2) is 19.0 Å². The molecule has 30 nitrogen and oxygen atoms in total. The number of carboxylic acids is 2. The lowest BCUT2D eigenvalue weighted by molar-refractivity contribution is -0.152. The van der Waals surface area contributed by atoms with Gasteiger partial charge in [-0.15, -0.1) is 10.2 Å². The average Bonchev–Trinajstić information content (AvgIpc) is 0.771. The van der Waals surface area contributed by atoms with Gasteiger partial charge in [0.1, 0.15) is 84.4 Å². The first-order chi connectivity index (χ1) is 58.9. The van der Waals surface area contributed by atoms with E-state index in [2.05, 4.69) is 63.2 Å². The van der Waals surface area contributed by atoms with Crippen molar-refractivity contribution in [2.75, 3.05) is 27.2 Å². The third kappa shape index (κ3) is 17.6. The SMILES string of the molecule is CN[C@@H](C)C(=O)N[C@H](C(=O)N1C[C@@H]2C[C@H]1C(=O)N[C@@H](Cc1ccc3ccccc3c1)C(=O)N[C@H](C(=O)O)Cc1ccc(cc1)OCc1cn(nn1)[C@H]1C[C@@H](C(=O)N[C@@H](Cc3ccc4ccccc4c3)C(=O)N[C@H](C(=O)O)Cc3ccc(cc3)OCc3cn2nn3)N(C(=O)[C@@H](NC(=O)[C@H](C)NC)C23CC4CC(CC(C4)C2)C3)C1)C12CC3CC(CC(C3)C1)C2. The maximum absolute atomic E-state index is 16.1. The van der Waals surface area contributed by atoms with Gasteiger partial charge in [0.2, 0.25) is 47.3 Å². The summed E-state index contributed by atoms with van der Waals surface area (Å²) in [5, 5.41) is 67.7. The Kier molecular flexibility index (Phi) is 23.5. The second kappa shape index (κ2) is 34.7. The summed E-state index contributed by atoms with van der Waals surface area (Å²) in [6.07, 6.45) is 13.6. The molecule has 0 radical (unpaired) electrons. The van der Waals surface area contributed by atoms with E-state index in [1.807, 2.05) is 84.9 Å². The van der Waals surface area contributed by atoms with Crippen LogP contribution in [0.25, 0.3) is 21.5 Å². The second-order valence-corrected chi connectivity index (χ2v) is 36.6. The van der Waals surface area contributed by atoms with Crippen LogP contribution in [0.2, 0.25) is 0 Å². The van der Waals surface area contributed by atoms with Gasteiger partial charge >= 0.3 is 11.9 Å². The average molecular weight is 1660 g/mol. The van der Waals surface area contributed by atoms with E-state index in [1.54, 1.807) is 98.2 Å². The summed E-state index contributed by atoms with van der Waals surface area (Å²) >= 11 is 0. The lowest BCUT2D eigenvalue weighted by Crippen LogP contribution is -2.65. The van der Waals surface area contributed by atoms with Crippen molar-refractivity contribution in [3.05, 3.63) is 179 Å². The Morgan fingerprint density at radius 3 is 1.16 bits per heavy atom. The van der Waals surface area contributed by atoms with Crippen molar-refractivity contribution in [2.24, 2.45) is 46.3 Å². The van der Waals surface area contributed by atoms with Gasteiger partial charge in [0.05, 0.1) is 36.6 Å². The Morgan fingerprint density at radius 1 is 0.459 bits per heavy atom. The molecule has 10 fully saturated rings. The Balaban J connectivity index is 0.690. The molecular weight excluding hydrogens is 1550 g/mol. The van der Waals surface area contributed by atoms with Crippen LogP contribution in [0.15, 0.2) is 146 Å². The van der Waals surface area contributed by atoms with Gasteiger partial charge in [-0.3, -0.25) is 38.4 Å². The van der Waals surface area contributed by atoms with Crippen LogP contribution in [0.4, 0.5) is 0 Å². The second-order valence-electron chi connectivity index (χ2n) is 36.6. The lowest BCUT2D eigenvalue weighted by Gasteiger charge is -2.59. The van der Waals surface area contributed by atoms with Crippen molar-refractivity contribution in [2.45, 2.75) is 215 Å². The van der Waals surface area contributed by atoms with Crippen LogP contribution in [0, 0.1) is 46.3 Å². The van der Waals surface area contributed by atoms with E-state index in [0.29, 0.717) is 80.6 Å². The Morgan fingerprint density at radius 2 is 0.811 bits per heavy atom. The van der Waals surface area contributed by atoms with E-state index >= 15 is 28.8 Å². The number of carboxylic acid groups (broad SMARTS) is 2. The number of benzene rings is 6. The number of ether oxygens (including phenoxy) is 2. The quantitative estimate of drug-likeness (QED) is 0.0485. The van der Waals surface area contributed by atoms with Crippen LogP contribution in [-0.2, 0) is 86.8 Å². The number of aromatic nitrogens is 6. The van der Waals surface area contributed by atoms with Crippen molar-refractivity contribution in [3.63, 3.8) is 0 Å². The van der Waals surface area contributed by atoms with Gasteiger partial charge in [-0.2, -0.15) is 0 Å². The number of amides is 8. The molecule has 14 aliphatic rings. The monoisotopic (exact) mass is 1660 g/mol. The number of nitrogens with zero attached hydrogens (tertiary/aromatic N) is 8. The fourth-order valence-corrected chi connectivity index (χ4v) is 22.6. The molecule has 2 saturated heterocycles. The van der Waals surface area contributed by atoms with Crippen molar-refractivity contribution < 1.29 is 67.6 Å². The summed E-state index contributed by atoms with van der Waals surface area (Å²) in [6, 6.07) is 27.2. The molecule has 2 aromatic heterocycles. The molecule has 30 heteroatoms. The minimum atomic E-state index is -1.51. The maximum Gasteiger partial charge on any atom is 0.326 e. The van der Waals surface area contributed by atoms with Crippen molar-refractivity contribution in [1.82, 2.24) is 82.3 Å². The minimum absolute atomic E-state index is 0.000342. The first kappa shape index (κ1) is 82.6. The van der Waals surface area contributed by atoms with E-state index in [1.165, 1.54) is 9.80 Å². The number of fused-ring (bicyclic) bond motifs is 2. The van der Waals surface area contributed by atoms with Gasteiger partial charge in [0.25, 0.3) is 0 Å². The summed E-state index contributed by atoms with van der Waals surface area (Å²) in [4.78, 5) is 153. The summed E-state index contributed by atoms with van der Waals surface area (Å²) in [5.41, 5.74) is 1.94. The highest BCUT2D eigenvalue weighted by atomic mass is 16.5. The zero-order valence-corrected chi connectivity index (χ0v) is 69.2. The Hall–Kier alpha value is -11.7. The first-order valence-electron chi connectivity index (χ1n) is 43.3. The molecule has 640 valence electrons. The summed E-state index contributed by atoms with van der Waals surface area (Å²) in [7, 11) is 3.35. The standard InChI is InChI=1S/C92H108N16O14/c1-51(93-3)81(109)99-79(91-39-57-25-58(40-91)27-59(26-57)41-91)87(115)105-47-69-37-77(105)85(113)95-73(35-55-13-19-63-9-5-7-11-65(63)31-55)83(111)97-75(89(117)118)33-53-17-23-72(24-18-53)122-50-68-46-108(104-102-68)70-38-78(106(48-70)88(116)80(100-82(110)52(2)94-4)92-42-60-28-61(43-92)30-62(29-60)44-92)86(114)96-74(36-56-14-20-64-10-6-8-12-66(64)32-56)84(112)98-76(90(119)120)34-54-15-21-71(22-16-54)121-49-67-45-107(69)103-101-67/h5-24,31-32,45-46,51-52,57-62,69-70,73-80,93-94H,25-30,33-44,47-50H2,1-4H3,(H,95,113)(H,96,114)(H,97,111)(H,98,112)(H,99,109)(H,100,110)(H,117,118)(H,119,120)/t51-,52-,57?,58?,59?,60?,61?,62?,69-,70-,73-,74-,75-,76-,77-,78-,79+,80+,91?,92?/m0/s1. The molecule has 22 rings (SSSR count). The molecule has 8 aromatic rings. The highest BCUT2D eigenvalue weighted by Crippen LogP contribution is 2.63. The first-order valence-corrected chi connectivity index (χ1v) is 43.3. The molecule has 20 bridgehead atoms. The fraction of sp³-hybridized carbons (Fsp3) is 0.500. The number of rotatable bonds is 16. The fourth-order valence-electron chi connectivity index (χ4n) is 22.6. The van der Waals surface area contributed by atoms with Gasteiger partial charge in [0, 0.05) is 62.4 Å². The third-order valence-electron chi connectivity index (χ3n) is 28.2. The largest absolute Gasteiger partial charge is 0.487 e. The van der Waals surface area contributed by atoms with Crippen molar-refractivity contribution in [3.8, 4) is 11.5 Å². The summed E-state index contributed by atoms with van der Waals surface area (Å²) in [6.45, 7) is 3.16. The highest BCUT2D eigenvalue weighted by Gasteiger charge is 2.61. The van der Waals surface area contributed by atoms with E-state index in [4.69, 9.17) is 9.47 Å². The minimum Gasteiger partial charge on any atom is -0.487 e. The molecule has 6 aliphatic heterocycles. The van der Waals surface area contributed by atoms with E-state index in [0.717, 1.165) is 98.6 Å². The molecule has 8 heterocycles. The number of carbonyl (C=O) groups is 10. The smallest absolute Gasteiger partial charge is 0.326 e. The number of likely N-dealkylation sites (tertiary alicyclic amines) is 2. The van der Waals surface area contributed by atoms with Gasteiger partial charge in [0.15, 0.2) is 0 Å². The van der Waals surface area contributed by atoms with Gasteiger partial charge < -0.3 is 72.0 Å². The number of hydrogen-bond acceptors (Lipinski definition) is 18. The zero-order valence-electron chi connectivity index (χ0n) is 69.2. The lowest BCUT2D eigenvalue weighted by atomic mass is 9.47. The van der Waals surface area contributed by atoms with E-state index < -0.39 is 131 Å². The molecule has 8 aliphatic carbocycles. The molecular formula is C92H108N16O14. The molecule has 12 atom stereocenters. The van der Waals surface area contributed by atoms with Crippen LogP contribution in [-0.4, -0.2) is 197 Å². The van der Waals surface area contributed by atoms with E-state index in [-0.39, 0.29) is 76.6 Å².